The van der Waals surface area contributed by atoms with E-state index >= 15 is 0 Å². The van der Waals surface area contributed by atoms with Crippen molar-refractivity contribution in [2.45, 2.75) is 18.4 Å². The lowest BCUT2D eigenvalue weighted by atomic mass is 9.90. The van der Waals surface area contributed by atoms with Gasteiger partial charge >= 0.3 is 0 Å². The Kier molecular flexibility index (Phi) is 6.76. The highest BCUT2D eigenvalue weighted by Crippen LogP contribution is 2.28. The molecule has 2 amide bonds. The Hall–Kier alpha value is -2.38. The Morgan fingerprint density at radius 3 is 2.69 bits per heavy atom. The van der Waals surface area contributed by atoms with E-state index in [1.165, 1.54) is 0 Å². The van der Waals surface area contributed by atoms with E-state index in [0.717, 1.165) is 11.1 Å². The summed E-state index contributed by atoms with van der Waals surface area (Å²) < 4.78 is 1.73. The van der Waals surface area contributed by atoms with Gasteiger partial charge in [0.05, 0.1) is 12.1 Å². The second-order valence-electron chi connectivity index (χ2n) is 6.47. The number of halogens is 1. The molecule has 1 aromatic carbocycles. The Balaban J connectivity index is 0.00000243. The van der Waals surface area contributed by atoms with Crippen LogP contribution >= 0.6 is 12.4 Å². The number of primary amides is 1. The number of hydrogen-bond acceptors (Lipinski definition) is 4. The number of hydrogen-bond donors (Lipinski definition) is 3. The molecule has 2 heterocycles. The number of nitrogens with two attached hydrogens (primary N) is 1. The third kappa shape index (κ3) is 4.62. The van der Waals surface area contributed by atoms with E-state index < -0.39 is 11.9 Å². The monoisotopic (exact) mass is 377 g/mol. The van der Waals surface area contributed by atoms with E-state index in [0.29, 0.717) is 19.5 Å². The molecule has 4 N–H and O–H groups in total. The summed E-state index contributed by atoms with van der Waals surface area (Å²) in [6, 6.07) is 8.81. The molecule has 1 aromatic heterocycles. The summed E-state index contributed by atoms with van der Waals surface area (Å²) in [6.07, 6.45) is 4.10. The Morgan fingerprint density at radius 2 is 2.08 bits per heavy atom. The van der Waals surface area contributed by atoms with Crippen LogP contribution in [-0.2, 0) is 23.1 Å². The SMILES string of the molecule is Cl.Cn1cc([C@H]2CNC[C@@H]2C(=O)NC(Cc2ccccc2)C(N)=O)cn1. The quantitative estimate of drug-likeness (QED) is 0.676. The maximum atomic E-state index is 12.8. The molecule has 1 saturated heterocycles. The highest BCUT2D eigenvalue weighted by atomic mass is 35.5. The van der Waals surface area contributed by atoms with Crippen LogP contribution in [0.25, 0.3) is 0 Å². The molecular weight excluding hydrogens is 354 g/mol. The fourth-order valence-electron chi connectivity index (χ4n) is 3.29. The average molecular weight is 378 g/mol. The summed E-state index contributed by atoms with van der Waals surface area (Å²) in [4.78, 5) is 24.5. The Morgan fingerprint density at radius 1 is 1.35 bits per heavy atom. The minimum atomic E-state index is -0.718. The van der Waals surface area contributed by atoms with Crippen molar-refractivity contribution in [3.05, 3.63) is 53.9 Å². The van der Waals surface area contributed by atoms with Crippen LogP contribution in [-0.4, -0.2) is 40.7 Å². The molecule has 1 aliphatic rings. The third-order valence-electron chi connectivity index (χ3n) is 4.65. The Labute approximate surface area is 158 Å². The first-order chi connectivity index (χ1) is 12.0. The average Bonchev–Trinajstić information content (AvgIpc) is 3.23. The first-order valence-corrected chi connectivity index (χ1v) is 8.37. The smallest absolute Gasteiger partial charge is 0.240 e. The van der Waals surface area contributed by atoms with Crippen LogP contribution in [0.5, 0.6) is 0 Å². The van der Waals surface area contributed by atoms with Crippen molar-refractivity contribution in [2.24, 2.45) is 18.7 Å². The normalized spacial score (nSPS) is 20.2. The molecular formula is C18H24ClN5O2. The first kappa shape index (κ1) is 19.9. The van der Waals surface area contributed by atoms with Gasteiger partial charge in [0.2, 0.25) is 11.8 Å². The van der Waals surface area contributed by atoms with E-state index in [4.69, 9.17) is 5.73 Å². The molecule has 0 saturated carbocycles. The van der Waals surface area contributed by atoms with Gasteiger partial charge in [0.15, 0.2) is 0 Å². The van der Waals surface area contributed by atoms with Crippen molar-refractivity contribution in [3.8, 4) is 0 Å². The molecule has 8 heteroatoms. The number of aryl methyl sites for hydroxylation is 1. The van der Waals surface area contributed by atoms with E-state index in [2.05, 4.69) is 15.7 Å². The molecule has 0 radical (unpaired) electrons. The Bertz CT molecular complexity index is 749. The summed E-state index contributed by atoms with van der Waals surface area (Å²) in [6.45, 7) is 1.28. The number of amides is 2. The van der Waals surface area contributed by atoms with Crippen molar-refractivity contribution >= 4 is 24.2 Å². The minimum Gasteiger partial charge on any atom is -0.368 e. The van der Waals surface area contributed by atoms with Gasteiger partial charge in [-0.25, -0.2) is 0 Å². The predicted molar refractivity (Wildman–Crippen MR) is 101 cm³/mol. The second-order valence-corrected chi connectivity index (χ2v) is 6.47. The summed E-state index contributed by atoms with van der Waals surface area (Å²) in [7, 11) is 1.85. The zero-order valence-corrected chi connectivity index (χ0v) is 15.4. The zero-order valence-electron chi connectivity index (χ0n) is 14.6. The third-order valence-corrected chi connectivity index (χ3v) is 4.65. The molecule has 0 bridgehead atoms. The first-order valence-electron chi connectivity index (χ1n) is 8.37. The maximum absolute atomic E-state index is 12.8. The van der Waals surface area contributed by atoms with Gasteiger partial charge in [0, 0.05) is 38.7 Å². The van der Waals surface area contributed by atoms with Crippen molar-refractivity contribution in [1.82, 2.24) is 20.4 Å². The molecule has 26 heavy (non-hydrogen) atoms. The summed E-state index contributed by atoms with van der Waals surface area (Å²) in [5, 5.41) is 10.3. The van der Waals surface area contributed by atoms with E-state index in [9.17, 15) is 9.59 Å². The van der Waals surface area contributed by atoms with Crippen LogP contribution in [0.1, 0.15) is 17.0 Å². The highest BCUT2D eigenvalue weighted by Gasteiger charge is 2.36. The van der Waals surface area contributed by atoms with Crippen molar-refractivity contribution in [1.29, 1.82) is 0 Å². The van der Waals surface area contributed by atoms with Gasteiger partial charge < -0.3 is 16.4 Å². The topological polar surface area (TPSA) is 102 Å². The molecule has 140 valence electrons. The fourth-order valence-corrected chi connectivity index (χ4v) is 3.29. The van der Waals surface area contributed by atoms with Crippen molar-refractivity contribution in [3.63, 3.8) is 0 Å². The lowest BCUT2D eigenvalue weighted by Gasteiger charge is -2.21. The lowest BCUT2D eigenvalue weighted by molar-refractivity contribution is -0.129. The zero-order chi connectivity index (χ0) is 17.8. The predicted octanol–water partition coefficient (Wildman–Crippen LogP) is 0.358. The van der Waals surface area contributed by atoms with Gasteiger partial charge in [-0.15, -0.1) is 12.4 Å². The van der Waals surface area contributed by atoms with Gasteiger partial charge in [-0.05, 0) is 11.1 Å². The van der Waals surface area contributed by atoms with Gasteiger partial charge in [0.1, 0.15) is 6.04 Å². The number of carbonyl (C=O) groups is 2. The van der Waals surface area contributed by atoms with Crippen LogP contribution in [0, 0.1) is 5.92 Å². The number of benzene rings is 1. The standard InChI is InChI=1S/C18H23N5O2.ClH/c1-23-11-13(8-21-23)14-9-20-10-15(14)18(25)22-16(17(19)24)7-12-5-3-2-4-6-12;/h2-6,8,11,14-16,20H,7,9-10H2,1H3,(H2,19,24)(H,22,25);1H/t14-,15+,16?;/m1./s1. The van der Waals surface area contributed by atoms with Crippen molar-refractivity contribution < 1.29 is 9.59 Å². The fraction of sp³-hybridized carbons (Fsp3) is 0.389. The van der Waals surface area contributed by atoms with Gasteiger partial charge in [-0.3, -0.25) is 14.3 Å². The number of aromatic nitrogens is 2. The molecule has 3 rings (SSSR count). The van der Waals surface area contributed by atoms with Gasteiger partial charge in [0.25, 0.3) is 0 Å². The maximum Gasteiger partial charge on any atom is 0.240 e. The summed E-state index contributed by atoms with van der Waals surface area (Å²) >= 11 is 0. The lowest BCUT2D eigenvalue weighted by Crippen LogP contribution is -2.48. The van der Waals surface area contributed by atoms with E-state index in [1.807, 2.05) is 43.6 Å². The number of nitrogens with one attached hydrogen (secondary N) is 2. The number of rotatable bonds is 6. The molecule has 0 spiro atoms. The highest BCUT2D eigenvalue weighted by molar-refractivity contribution is 5.88. The van der Waals surface area contributed by atoms with Crippen LogP contribution < -0.4 is 16.4 Å². The van der Waals surface area contributed by atoms with Gasteiger partial charge in [-0.1, -0.05) is 30.3 Å². The van der Waals surface area contributed by atoms with Crippen LogP contribution in [0.4, 0.5) is 0 Å². The molecule has 7 nitrogen and oxygen atoms in total. The summed E-state index contributed by atoms with van der Waals surface area (Å²) in [5.41, 5.74) is 7.48. The van der Waals surface area contributed by atoms with Crippen LogP contribution in [0.15, 0.2) is 42.7 Å². The molecule has 1 unspecified atom stereocenters. The van der Waals surface area contributed by atoms with Gasteiger partial charge in [-0.2, -0.15) is 5.10 Å². The number of nitrogens with zero attached hydrogens (tertiary/aromatic N) is 2. The minimum absolute atomic E-state index is 0. The summed E-state index contributed by atoms with van der Waals surface area (Å²) in [5.74, 6) is -0.888. The molecule has 0 aliphatic carbocycles. The molecule has 1 aliphatic heterocycles. The molecule has 3 atom stereocenters. The molecule has 1 fully saturated rings. The number of carbonyl (C=O) groups excluding carboxylic acids is 2. The van der Waals surface area contributed by atoms with Crippen LogP contribution in [0.2, 0.25) is 0 Å². The largest absolute Gasteiger partial charge is 0.368 e. The van der Waals surface area contributed by atoms with Crippen LogP contribution in [0.3, 0.4) is 0 Å². The van der Waals surface area contributed by atoms with E-state index in [1.54, 1.807) is 10.9 Å². The molecule has 2 aromatic rings. The second kappa shape index (κ2) is 8.82. The van der Waals surface area contributed by atoms with Crippen molar-refractivity contribution in [2.75, 3.05) is 13.1 Å². The van der Waals surface area contributed by atoms with E-state index in [-0.39, 0.29) is 30.2 Å².